The molecule has 3 heterocycles. The molecule has 0 fully saturated rings. The first-order chi connectivity index (χ1) is 15.4. The van der Waals surface area contributed by atoms with Crippen molar-refractivity contribution in [3.63, 3.8) is 0 Å². The summed E-state index contributed by atoms with van der Waals surface area (Å²) in [6.07, 6.45) is 0.642. The molecule has 1 atom stereocenters. The second-order valence-corrected chi connectivity index (χ2v) is 9.39. The van der Waals surface area contributed by atoms with Crippen LogP contribution in [0.2, 0.25) is 5.02 Å². The van der Waals surface area contributed by atoms with Gasteiger partial charge in [-0.1, -0.05) is 48.9 Å². The smallest absolute Gasteiger partial charge is 0.346 e. The van der Waals surface area contributed by atoms with Crippen molar-refractivity contribution in [2.24, 2.45) is 0 Å². The first-order valence-corrected chi connectivity index (χ1v) is 11.5. The number of aromatic carboxylic acids is 1. The molecule has 1 aromatic heterocycles. The Kier molecular flexibility index (Phi) is 4.83. The maximum absolute atomic E-state index is 13.9. The number of fused-ring (bicyclic) bond motifs is 4. The zero-order valence-corrected chi connectivity index (χ0v) is 18.7. The number of hydrogen-bond acceptors (Lipinski definition) is 4. The van der Waals surface area contributed by atoms with Crippen LogP contribution >= 0.6 is 22.9 Å². The van der Waals surface area contributed by atoms with Crippen LogP contribution in [0, 0.1) is 0 Å². The third kappa shape index (κ3) is 2.81. The van der Waals surface area contributed by atoms with Crippen molar-refractivity contribution in [3.05, 3.63) is 68.9 Å². The minimum atomic E-state index is -1.30. The minimum Gasteiger partial charge on any atom is -0.477 e. The van der Waals surface area contributed by atoms with Gasteiger partial charge in [0.2, 0.25) is 11.8 Å². The van der Waals surface area contributed by atoms with E-state index >= 15 is 0 Å². The van der Waals surface area contributed by atoms with Gasteiger partial charge in [-0.25, -0.2) is 4.79 Å². The molecule has 2 aromatic carbocycles. The first kappa shape index (κ1) is 20.7. The van der Waals surface area contributed by atoms with Crippen LogP contribution in [0.1, 0.15) is 39.9 Å². The summed E-state index contributed by atoms with van der Waals surface area (Å²) >= 11 is 7.38. The predicted molar refractivity (Wildman–Crippen MR) is 125 cm³/mol. The number of carboxylic acids is 1. The number of carbonyl (C=O) groups excluding carboxylic acids is 2. The summed E-state index contributed by atoms with van der Waals surface area (Å²) in [7, 11) is 0. The van der Waals surface area contributed by atoms with Gasteiger partial charge in [0, 0.05) is 22.8 Å². The monoisotopic (exact) mass is 466 g/mol. The molecular weight excluding hydrogens is 448 g/mol. The highest BCUT2D eigenvalue weighted by atomic mass is 35.5. The van der Waals surface area contributed by atoms with Gasteiger partial charge in [-0.2, -0.15) is 0 Å². The van der Waals surface area contributed by atoms with Crippen molar-refractivity contribution in [1.82, 2.24) is 0 Å². The third-order valence-electron chi connectivity index (χ3n) is 6.01. The van der Waals surface area contributed by atoms with E-state index in [9.17, 15) is 19.5 Å². The highest BCUT2D eigenvalue weighted by Gasteiger charge is 2.57. The molecule has 0 saturated carbocycles. The topological polar surface area (TPSA) is 86.7 Å². The lowest BCUT2D eigenvalue weighted by molar-refractivity contribution is -0.126. The van der Waals surface area contributed by atoms with E-state index in [1.54, 1.807) is 35.2 Å². The largest absolute Gasteiger partial charge is 0.477 e. The molecule has 0 aliphatic carbocycles. The number of amides is 2. The molecule has 0 saturated heterocycles. The molecule has 1 spiro atoms. The van der Waals surface area contributed by atoms with Gasteiger partial charge >= 0.3 is 5.97 Å². The van der Waals surface area contributed by atoms with Gasteiger partial charge in [0.05, 0.1) is 17.0 Å². The molecule has 0 bridgehead atoms. The number of nitrogens with zero attached hydrogens (tertiary/aromatic N) is 1. The Bertz CT molecular complexity index is 1290. The van der Waals surface area contributed by atoms with Gasteiger partial charge in [-0.15, -0.1) is 11.3 Å². The second kappa shape index (κ2) is 7.46. The average Bonchev–Trinajstić information content (AvgIpc) is 3.26. The molecule has 2 N–H and O–H groups in total. The lowest BCUT2D eigenvalue weighted by atomic mass is 9.74. The highest BCUT2D eigenvalue weighted by Crippen LogP contribution is 2.57. The third-order valence-corrected chi connectivity index (χ3v) is 7.58. The number of carboxylic acid groups (broad SMARTS) is 1. The van der Waals surface area contributed by atoms with E-state index in [0.29, 0.717) is 44.5 Å². The number of rotatable bonds is 4. The molecular formula is C24H19ClN2O4S. The van der Waals surface area contributed by atoms with Gasteiger partial charge in [-0.05, 0) is 35.7 Å². The van der Waals surface area contributed by atoms with E-state index in [4.69, 9.17) is 11.6 Å². The van der Waals surface area contributed by atoms with E-state index in [2.05, 4.69) is 5.32 Å². The van der Waals surface area contributed by atoms with Crippen molar-refractivity contribution in [2.45, 2.75) is 25.2 Å². The number of anilines is 2. The van der Waals surface area contributed by atoms with Crippen molar-refractivity contribution >= 4 is 52.1 Å². The lowest BCUT2D eigenvalue weighted by Crippen LogP contribution is -2.46. The maximum atomic E-state index is 13.9. The first-order valence-electron chi connectivity index (χ1n) is 10.3. The van der Waals surface area contributed by atoms with Crippen LogP contribution in [0.3, 0.4) is 0 Å². The molecule has 2 amide bonds. The Hall–Kier alpha value is -3.16. The van der Waals surface area contributed by atoms with Crippen molar-refractivity contribution in [1.29, 1.82) is 0 Å². The number of hydrogen-bond donors (Lipinski definition) is 2. The maximum Gasteiger partial charge on any atom is 0.346 e. The molecule has 6 nitrogen and oxygen atoms in total. The molecule has 0 radical (unpaired) electrons. The fourth-order valence-electron chi connectivity index (χ4n) is 4.76. The zero-order valence-electron chi connectivity index (χ0n) is 17.1. The van der Waals surface area contributed by atoms with Gasteiger partial charge < -0.3 is 15.3 Å². The Morgan fingerprint density at radius 2 is 1.97 bits per heavy atom. The normalized spacial score (nSPS) is 19.1. The Labute approximate surface area is 193 Å². The van der Waals surface area contributed by atoms with Crippen LogP contribution in [-0.2, 0) is 15.0 Å². The Morgan fingerprint density at radius 3 is 2.66 bits per heavy atom. The summed E-state index contributed by atoms with van der Waals surface area (Å²) in [5.74, 6) is -1.65. The molecule has 32 heavy (non-hydrogen) atoms. The fourth-order valence-corrected chi connectivity index (χ4v) is 6.25. The molecule has 162 valence electrons. The Balaban J connectivity index is 1.85. The van der Waals surface area contributed by atoms with E-state index in [1.807, 2.05) is 25.1 Å². The molecule has 8 heteroatoms. The Morgan fingerprint density at radius 1 is 1.22 bits per heavy atom. The summed E-state index contributed by atoms with van der Waals surface area (Å²) in [5.41, 5.74) is 1.56. The van der Waals surface area contributed by atoms with Gasteiger partial charge in [0.15, 0.2) is 0 Å². The van der Waals surface area contributed by atoms with Crippen LogP contribution in [0.5, 0.6) is 0 Å². The van der Waals surface area contributed by atoms with Crippen LogP contribution in [0.4, 0.5) is 11.4 Å². The SMILES string of the molecule is CCCN1C(=O)[C@]2(CC(=O)Nc3c2sc(C(=O)O)c3-c2ccccc2)c2cc(Cl)ccc21. The number of thiophene rings is 1. The van der Waals surface area contributed by atoms with Crippen molar-refractivity contribution in [3.8, 4) is 11.1 Å². The van der Waals surface area contributed by atoms with E-state index in [0.717, 1.165) is 17.8 Å². The van der Waals surface area contributed by atoms with Crippen LogP contribution in [0.15, 0.2) is 48.5 Å². The number of halogens is 1. The summed E-state index contributed by atoms with van der Waals surface area (Å²) < 4.78 is 0. The van der Waals surface area contributed by atoms with E-state index < -0.39 is 11.4 Å². The predicted octanol–water partition coefficient (Wildman–Crippen LogP) is 5.15. The van der Waals surface area contributed by atoms with Gasteiger partial charge in [0.25, 0.3) is 0 Å². The van der Waals surface area contributed by atoms with E-state index in [-0.39, 0.29) is 23.1 Å². The molecule has 0 unspecified atom stereocenters. The number of carbonyl (C=O) groups is 3. The van der Waals surface area contributed by atoms with E-state index in [1.165, 1.54) is 0 Å². The fraction of sp³-hybridized carbons (Fsp3) is 0.208. The lowest BCUT2D eigenvalue weighted by Gasteiger charge is -2.32. The molecule has 5 rings (SSSR count). The minimum absolute atomic E-state index is 0.0908. The van der Waals surface area contributed by atoms with Crippen molar-refractivity contribution in [2.75, 3.05) is 16.8 Å². The highest BCUT2D eigenvalue weighted by molar-refractivity contribution is 7.15. The van der Waals surface area contributed by atoms with Crippen LogP contribution in [-0.4, -0.2) is 29.4 Å². The quantitative estimate of drug-likeness (QED) is 0.556. The second-order valence-electron chi connectivity index (χ2n) is 7.93. The van der Waals surface area contributed by atoms with Crippen molar-refractivity contribution < 1.29 is 19.5 Å². The molecule has 2 aliphatic rings. The summed E-state index contributed by atoms with van der Waals surface area (Å²) in [6, 6.07) is 14.3. The summed E-state index contributed by atoms with van der Waals surface area (Å²) in [4.78, 5) is 41.5. The standard InChI is InChI=1S/C24H19ClN2O4S/c1-2-10-27-16-9-8-14(25)11-15(16)24(23(27)31)12-17(28)26-19-18(13-6-4-3-5-7-13)20(22(29)30)32-21(19)24/h3-9,11H,2,10,12H2,1H3,(H,26,28)(H,29,30)/t24-/m1/s1. The number of benzene rings is 2. The molecule has 3 aromatic rings. The zero-order chi connectivity index (χ0) is 22.6. The number of nitrogens with one attached hydrogen (secondary N) is 1. The molecule has 2 aliphatic heterocycles. The van der Waals surface area contributed by atoms with Crippen LogP contribution < -0.4 is 10.2 Å². The van der Waals surface area contributed by atoms with Crippen LogP contribution in [0.25, 0.3) is 11.1 Å². The average molecular weight is 467 g/mol. The summed E-state index contributed by atoms with van der Waals surface area (Å²) in [5, 5.41) is 13.3. The van der Waals surface area contributed by atoms with Gasteiger partial charge in [0.1, 0.15) is 10.3 Å². The summed E-state index contributed by atoms with van der Waals surface area (Å²) in [6.45, 7) is 2.48. The van der Waals surface area contributed by atoms with Gasteiger partial charge in [-0.3, -0.25) is 9.59 Å².